The molecule has 0 fully saturated rings. The van der Waals surface area contributed by atoms with Crippen LogP contribution in [0.4, 0.5) is 4.39 Å². The third-order valence-electron chi connectivity index (χ3n) is 2.78. The topological polar surface area (TPSA) is 57.6 Å². The van der Waals surface area contributed by atoms with E-state index in [0.717, 1.165) is 6.07 Å². The Morgan fingerprint density at radius 3 is 2.40 bits per heavy atom. The first-order chi connectivity index (χ1) is 9.14. The molecule has 0 aliphatic heterocycles. The van der Waals surface area contributed by atoms with Gasteiger partial charge in [-0.3, -0.25) is 9.59 Å². The number of carboxylic acid groups (broad SMARTS) is 1. The van der Waals surface area contributed by atoms with Crippen LogP contribution in [0.25, 0.3) is 0 Å². The van der Waals surface area contributed by atoms with E-state index in [2.05, 4.69) is 0 Å². The summed E-state index contributed by atoms with van der Waals surface area (Å²) >= 11 is 5.88. The van der Waals surface area contributed by atoms with Gasteiger partial charge in [-0.1, -0.05) is 17.7 Å². The Bertz CT molecular complexity index is 505. The first-order valence-corrected chi connectivity index (χ1v) is 6.50. The maximum absolute atomic E-state index is 13.8. The van der Waals surface area contributed by atoms with Gasteiger partial charge < -0.3 is 10.0 Å². The van der Waals surface area contributed by atoms with Crippen LogP contribution in [-0.4, -0.2) is 34.0 Å². The number of aliphatic carboxylic acids is 1. The van der Waals surface area contributed by atoms with Crippen molar-refractivity contribution < 1.29 is 19.1 Å². The molecule has 1 rings (SSSR count). The summed E-state index contributed by atoms with van der Waals surface area (Å²) in [7, 11) is 0. The molecule has 0 saturated heterocycles. The highest BCUT2D eigenvalue weighted by molar-refractivity contribution is 6.33. The van der Waals surface area contributed by atoms with Crippen LogP contribution < -0.4 is 0 Å². The monoisotopic (exact) mass is 301 g/mol. The molecule has 20 heavy (non-hydrogen) atoms. The molecule has 0 spiro atoms. The lowest BCUT2D eigenvalue weighted by molar-refractivity contribution is -0.137. The van der Waals surface area contributed by atoms with E-state index in [1.54, 1.807) is 20.8 Å². The van der Waals surface area contributed by atoms with Gasteiger partial charge in [-0.05, 0) is 32.9 Å². The summed E-state index contributed by atoms with van der Waals surface area (Å²) in [6, 6.07) is 3.99. The maximum Gasteiger partial charge on any atom is 0.305 e. The lowest BCUT2D eigenvalue weighted by Crippen LogP contribution is -2.47. The Kier molecular flexibility index (Phi) is 5.11. The van der Waals surface area contributed by atoms with Gasteiger partial charge in [0.05, 0.1) is 17.0 Å². The Balaban J connectivity index is 3.14. The van der Waals surface area contributed by atoms with E-state index in [0.29, 0.717) is 0 Å². The van der Waals surface area contributed by atoms with Crippen molar-refractivity contribution >= 4 is 23.5 Å². The molecule has 6 heteroatoms. The molecule has 1 N–H and O–H groups in total. The van der Waals surface area contributed by atoms with Gasteiger partial charge in [0.25, 0.3) is 5.91 Å². The summed E-state index contributed by atoms with van der Waals surface area (Å²) in [6.45, 7) is 5.24. The minimum atomic E-state index is -1.02. The lowest BCUT2D eigenvalue weighted by Gasteiger charge is -2.35. The van der Waals surface area contributed by atoms with Crippen LogP contribution >= 0.6 is 11.6 Å². The molecule has 0 unspecified atom stereocenters. The van der Waals surface area contributed by atoms with Crippen molar-refractivity contribution in [3.63, 3.8) is 0 Å². The molecule has 0 heterocycles. The van der Waals surface area contributed by atoms with Crippen LogP contribution in [0.5, 0.6) is 0 Å². The average Bonchev–Trinajstić information content (AvgIpc) is 2.26. The molecule has 0 atom stereocenters. The van der Waals surface area contributed by atoms with Crippen molar-refractivity contribution in [3.8, 4) is 0 Å². The molecule has 1 amide bonds. The van der Waals surface area contributed by atoms with Crippen LogP contribution in [0.15, 0.2) is 18.2 Å². The molecule has 0 aromatic heterocycles. The molecule has 110 valence electrons. The van der Waals surface area contributed by atoms with Crippen LogP contribution in [-0.2, 0) is 4.79 Å². The fraction of sp³-hybridized carbons (Fsp3) is 0.429. The number of carbonyl (C=O) groups excluding carboxylic acids is 1. The van der Waals surface area contributed by atoms with E-state index >= 15 is 0 Å². The highest BCUT2D eigenvalue weighted by Crippen LogP contribution is 2.24. The summed E-state index contributed by atoms with van der Waals surface area (Å²) in [5, 5.41) is 8.77. The number of amides is 1. The van der Waals surface area contributed by atoms with Crippen molar-refractivity contribution in [2.75, 3.05) is 6.54 Å². The zero-order chi connectivity index (χ0) is 15.5. The van der Waals surface area contributed by atoms with Gasteiger partial charge in [-0.25, -0.2) is 4.39 Å². The Morgan fingerprint density at radius 1 is 1.35 bits per heavy atom. The smallest absolute Gasteiger partial charge is 0.305 e. The van der Waals surface area contributed by atoms with Crippen molar-refractivity contribution in [3.05, 3.63) is 34.6 Å². The van der Waals surface area contributed by atoms with Crippen molar-refractivity contribution in [2.45, 2.75) is 32.7 Å². The third-order valence-corrected chi connectivity index (χ3v) is 3.10. The van der Waals surface area contributed by atoms with E-state index in [9.17, 15) is 14.0 Å². The Hall–Kier alpha value is -1.62. The number of hydrogen-bond donors (Lipinski definition) is 1. The van der Waals surface area contributed by atoms with Crippen LogP contribution in [0.1, 0.15) is 37.6 Å². The van der Waals surface area contributed by atoms with Crippen LogP contribution in [0.3, 0.4) is 0 Å². The normalized spacial score (nSPS) is 11.2. The van der Waals surface area contributed by atoms with E-state index in [4.69, 9.17) is 16.7 Å². The highest BCUT2D eigenvalue weighted by atomic mass is 35.5. The Morgan fingerprint density at radius 2 is 1.95 bits per heavy atom. The van der Waals surface area contributed by atoms with Gasteiger partial charge >= 0.3 is 5.97 Å². The molecule has 0 saturated carbocycles. The molecule has 0 bridgehead atoms. The summed E-state index contributed by atoms with van der Waals surface area (Å²) in [4.78, 5) is 24.5. The number of halogens is 2. The fourth-order valence-corrected chi connectivity index (χ4v) is 2.03. The molecule has 0 aliphatic rings. The summed E-state index contributed by atoms with van der Waals surface area (Å²) in [6.07, 6.45) is -0.213. The highest BCUT2D eigenvalue weighted by Gasteiger charge is 2.30. The number of carboxylic acids is 1. The van der Waals surface area contributed by atoms with E-state index in [1.807, 2.05) is 0 Å². The molecular weight excluding hydrogens is 285 g/mol. The van der Waals surface area contributed by atoms with Gasteiger partial charge in [0.1, 0.15) is 5.82 Å². The predicted octanol–water partition coefficient (Wildman–Crippen LogP) is 3.19. The summed E-state index contributed by atoms with van der Waals surface area (Å²) < 4.78 is 13.8. The van der Waals surface area contributed by atoms with E-state index in [-0.39, 0.29) is 23.6 Å². The van der Waals surface area contributed by atoms with Gasteiger partial charge in [0, 0.05) is 12.1 Å². The number of carbonyl (C=O) groups is 2. The number of benzene rings is 1. The largest absolute Gasteiger partial charge is 0.481 e. The second-order valence-electron chi connectivity index (χ2n) is 5.37. The first-order valence-electron chi connectivity index (χ1n) is 6.12. The van der Waals surface area contributed by atoms with Crippen molar-refractivity contribution in [2.24, 2.45) is 0 Å². The predicted molar refractivity (Wildman–Crippen MR) is 74.5 cm³/mol. The summed E-state index contributed by atoms with van der Waals surface area (Å²) in [5.74, 6) is -2.35. The number of hydrogen-bond acceptors (Lipinski definition) is 2. The molecule has 0 radical (unpaired) electrons. The first kappa shape index (κ1) is 16.4. The Labute approximate surface area is 122 Å². The average molecular weight is 302 g/mol. The van der Waals surface area contributed by atoms with E-state index < -0.39 is 23.2 Å². The second kappa shape index (κ2) is 6.22. The van der Waals surface area contributed by atoms with Crippen molar-refractivity contribution in [1.29, 1.82) is 0 Å². The van der Waals surface area contributed by atoms with Gasteiger partial charge in [-0.15, -0.1) is 0 Å². The summed E-state index contributed by atoms with van der Waals surface area (Å²) in [5.41, 5.74) is -0.868. The minimum Gasteiger partial charge on any atom is -0.481 e. The minimum absolute atomic E-state index is 0.0116. The van der Waals surface area contributed by atoms with Gasteiger partial charge in [0.15, 0.2) is 0 Å². The number of nitrogens with zero attached hydrogens (tertiary/aromatic N) is 1. The quantitative estimate of drug-likeness (QED) is 0.929. The lowest BCUT2D eigenvalue weighted by atomic mass is 10.0. The third kappa shape index (κ3) is 3.93. The van der Waals surface area contributed by atoms with Crippen LogP contribution in [0.2, 0.25) is 5.02 Å². The molecule has 1 aromatic rings. The van der Waals surface area contributed by atoms with Gasteiger partial charge in [0.2, 0.25) is 0 Å². The zero-order valence-electron chi connectivity index (χ0n) is 11.6. The SMILES string of the molecule is CC(C)(C)N(CCC(=O)O)C(=O)c1c(F)cccc1Cl. The van der Waals surface area contributed by atoms with Crippen molar-refractivity contribution in [1.82, 2.24) is 4.90 Å². The van der Waals surface area contributed by atoms with Crippen LogP contribution in [0, 0.1) is 5.82 Å². The second-order valence-corrected chi connectivity index (χ2v) is 5.78. The molecule has 1 aromatic carbocycles. The molecule has 0 aliphatic carbocycles. The fourth-order valence-electron chi connectivity index (χ4n) is 1.79. The molecule has 4 nitrogen and oxygen atoms in total. The number of rotatable bonds is 4. The maximum atomic E-state index is 13.8. The molecular formula is C14H17ClFNO3. The standard InChI is InChI=1S/C14H17ClFNO3/c1-14(2,3)17(8-7-11(18)19)13(20)12-9(15)5-4-6-10(12)16/h4-6H,7-8H2,1-3H3,(H,18,19). The van der Waals surface area contributed by atoms with E-state index in [1.165, 1.54) is 17.0 Å². The zero-order valence-corrected chi connectivity index (χ0v) is 12.4. The van der Waals surface area contributed by atoms with Gasteiger partial charge in [-0.2, -0.15) is 0 Å².